The topological polar surface area (TPSA) is 107 Å². The number of carbonyl (C=O) groups is 2. The number of aryl methyl sites for hydroxylation is 3. The molecule has 0 aliphatic carbocycles. The lowest BCUT2D eigenvalue weighted by molar-refractivity contribution is -0.141. The Balaban J connectivity index is 1.64. The third kappa shape index (κ3) is 5.39. The van der Waals surface area contributed by atoms with Gasteiger partial charge in [0.05, 0.1) is 22.2 Å². The largest absolute Gasteiger partial charge is 0.468 e. The molecule has 0 aliphatic rings. The van der Waals surface area contributed by atoms with Crippen molar-refractivity contribution in [2.24, 2.45) is 4.99 Å². The maximum Gasteiger partial charge on any atom is 0.325 e. The fraction of sp³-hybridized carbons (Fsp3) is 0.192. The first-order valence-electron chi connectivity index (χ1n) is 11.0. The minimum Gasteiger partial charge on any atom is -0.468 e. The summed E-state index contributed by atoms with van der Waals surface area (Å²) in [5.74, 6) is -0.964. The average Bonchev–Trinajstić information content (AvgIpc) is 3.15. The highest BCUT2D eigenvalue weighted by molar-refractivity contribution is 7.92. The molecule has 0 saturated heterocycles. The van der Waals surface area contributed by atoms with Gasteiger partial charge in [-0.1, -0.05) is 29.0 Å². The van der Waals surface area contributed by atoms with Gasteiger partial charge in [0.25, 0.3) is 15.9 Å². The van der Waals surface area contributed by atoms with E-state index in [1.807, 2.05) is 32.9 Å². The number of ether oxygens (including phenoxy) is 1. The van der Waals surface area contributed by atoms with Crippen LogP contribution in [0.5, 0.6) is 0 Å². The lowest BCUT2D eigenvalue weighted by Gasteiger charge is -2.08. The molecule has 4 rings (SSSR count). The second-order valence-electron chi connectivity index (χ2n) is 8.36. The highest BCUT2D eigenvalue weighted by atomic mass is 32.2. The van der Waals surface area contributed by atoms with Crippen LogP contribution in [0.3, 0.4) is 0 Å². The predicted octanol–water partition coefficient (Wildman–Crippen LogP) is 4.34. The van der Waals surface area contributed by atoms with Crippen molar-refractivity contribution in [3.63, 3.8) is 0 Å². The quantitative estimate of drug-likeness (QED) is 0.378. The predicted molar refractivity (Wildman–Crippen MR) is 140 cm³/mol. The first kappa shape index (κ1) is 25.3. The third-order valence-electron chi connectivity index (χ3n) is 5.73. The van der Waals surface area contributed by atoms with Gasteiger partial charge < -0.3 is 9.30 Å². The smallest absolute Gasteiger partial charge is 0.325 e. The van der Waals surface area contributed by atoms with Gasteiger partial charge >= 0.3 is 5.97 Å². The van der Waals surface area contributed by atoms with E-state index in [0.717, 1.165) is 26.9 Å². The van der Waals surface area contributed by atoms with E-state index in [1.54, 1.807) is 16.7 Å². The van der Waals surface area contributed by atoms with Gasteiger partial charge in [-0.2, -0.15) is 4.99 Å². The number of fused-ring (bicyclic) bond motifs is 1. The van der Waals surface area contributed by atoms with E-state index in [9.17, 15) is 18.0 Å². The summed E-state index contributed by atoms with van der Waals surface area (Å²) >= 11 is 1.31. The number of benzene rings is 3. The summed E-state index contributed by atoms with van der Waals surface area (Å²) in [5.41, 5.74) is 4.50. The zero-order chi connectivity index (χ0) is 26.0. The van der Waals surface area contributed by atoms with Gasteiger partial charge in [-0.3, -0.25) is 14.3 Å². The summed E-state index contributed by atoms with van der Waals surface area (Å²) in [4.78, 5) is 29.8. The van der Waals surface area contributed by atoms with Crippen LogP contribution in [0.2, 0.25) is 0 Å². The molecule has 3 aromatic carbocycles. The van der Waals surface area contributed by atoms with Crippen LogP contribution in [0.4, 0.5) is 5.69 Å². The van der Waals surface area contributed by atoms with Crippen LogP contribution in [0, 0.1) is 20.8 Å². The number of hydrogen-bond donors (Lipinski definition) is 1. The summed E-state index contributed by atoms with van der Waals surface area (Å²) in [6.07, 6.45) is 0. The van der Waals surface area contributed by atoms with Gasteiger partial charge in [-0.15, -0.1) is 0 Å². The van der Waals surface area contributed by atoms with Gasteiger partial charge in [0.15, 0.2) is 4.80 Å². The zero-order valence-corrected chi connectivity index (χ0v) is 21.9. The number of nitrogens with zero attached hydrogens (tertiary/aromatic N) is 2. The van der Waals surface area contributed by atoms with Crippen LogP contribution in [0.25, 0.3) is 10.2 Å². The number of anilines is 1. The van der Waals surface area contributed by atoms with Crippen LogP contribution in [-0.2, 0) is 26.1 Å². The van der Waals surface area contributed by atoms with E-state index in [-0.39, 0.29) is 17.0 Å². The number of nitrogens with one attached hydrogen (secondary N) is 1. The number of sulfonamides is 1. The standard InChI is InChI=1S/C26H25N3O5S2/c1-16-5-11-21(12-6-16)36(32,33)28-20-9-7-19(8-10-20)25(31)27-26-29(15-24(30)34-4)22-13-17(2)18(3)14-23(22)35-26/h5-14,28H,15H2,1-4H3. The fourth-order valence-corrected chi connectivity index (χ4v) is 5.68. The molecule has 0 unspecified atom stereocenters. The van der Waals surface area contributed by atoms with Gasteiger partial charge in [-0.05, 0) is 80.4 Å². The summed E-state index contributed by atoms with van der Waals surface area (Å²) in [7, 11) is -2.45. The van der Waals surface area contributed by atoms with E-state index >= 15 is 0 Å². The third-order valence-corrected chi connectivity index (χ3v) is 8.16. The summed E-state index contributed by atoms with van der Waals surface area (Å²) in [5, 5.41) is 0. The highest BCUT2D eigenvalue weighted by Crippen LogP contribution is 2.22. The van der Waals surface area contributed by atoms with Crippen LogP contribution < -0.4 is 9.52 Å². The van der Waals surface area contributed by atoms with Crippen molar-refractivity contribution in [2.75, 3.05) is 11.8 Å². The van der Waals surface area contributed by atoms with Gasteiger partial charge in [0.2, 0.25) is 0 Å². The summed E-state index contributed by atoms with van der Waals surface area (Å²) in [6, 6.07) is 16.5. The van der Waals surface area contributed by atoms with E-state index in [1.165, 1.54) is 54.8 Å². The Morgan fingerprint density at radius 3 is 2.25 bits per heavy atom. The Morgan fingerprint density at radius 1 is 0.972 bits per heavy atom. The molecule has 1 heterocycles. The van der Waals surface area contributed by atoms with E-state index in [4.69, 9.17) is 4.74 Å². The molecule has 0 bridgehead atoms. The van der Waals surface area contributed by atoms with Crippen LogP contribution >= 0.6 is 11.3 Å². The Kier molecular flexibility index (Phi) is 7.09. The molecule has 1 aromatic heterocycles. The lowest BCUT2D eigenvalue weighted by atomic mass is 10.1. The average molecular weight is 524 g/mol. The molecular formula is C26H25N3O5S2. The molecule has 36 heavy (non-hydrogen) atoms. The molecule has 0 saturated carbocycles. The highest BCUT2D eigenvalue weighted by Gasteiger charge is 2.16. The first-order chi connectivity index (χ1) is 17.1. The van der Waals surface area contributed by atoms with Gasteiger partial charge in [0.1, 0.15) is 6.54 Å². The van der Waals surface area contributed by atoms with Crippen molar-refractivity contribution in [2.45, 2.75) is 32.2 Å². The van der Waals surface area contributed by atoms with Gasteiger partial charge in [0, 0.05) is 11.3 Å². The van der Waals surface area contributed by atoms with Crippen molar-refractivity contribution >= 4 is 49.1 Å². The summed E-state index contributed by atoms with van der Waals surface area (Å²) < 4.78 is 35.1. The minimum atomic E-state index is -3.76. The normalized spacial score (nSPS) is 12.1. The summed E-state index contributed by atoms with van der Waals surface area (Å²) in [6.45, 7) is 5.77. The van der Waals surface area contributed by atoms with E-state index < -0.39 is 21.9 Å². The van der Waals surface area contributed by atoms with Crippen LogP contribution in [0.1, 0.15) is 27.0 Å². The first-order valence-corrected chi connectivity index (χ1v) is 13.3. The Hall–Kier alpha value is -3.76. The van der Waals surface area contributed by atoms with Crippen LogP contribution in [0.15, 0.2) is 70.6 Å². The molecule has 1 amide bonds. The number of carbonyl (C=O) groups excluding carboxylic acids is 2. The maximum absolute atomic E-state index is 13.0. The molecular weight excluding hydrogens is 498 g/mol. The van der Waals surface area contributed by atoms with Crippen molar-refractivity contribution in [1.82, 2.24) is 4.57 Å². The Labute approximate surface area is 212 Å². The number of aromatic nitrogens is 1. The molecule has 0 atom stereocenters. The molecule has 0 spiro atoms. The van der Waals surface area contributed by atoms with Gasteiger partial charge in [-0.25, -0.2) is 8.42 Å². The minimum absolute atomic E-state index is 0.0785. The number of methoxy groups -OCH3 is 1. The molecule has 10 heteroatoms. The second kappa shape index (κ2) is 10.1. The van der Waals surface area contributed by atoms with Crippen molar-refractivity contribution in [3.8, 4) is 0 Å². The number of thiazole rings is 1. The number of rotatable bonds is 6. The number of hydrogen-bond acceptors (Lipinski definition) is 6. The molecule has 1 N–H and O–H groups in total. The molecule has 186 valence electrons. The molecule has 0 aliphatic heterocycles. The molecule has 4 aromatic rings. The lowest BCUT2D eigenvalue weighted by Crippen LogP contribution is -2.22. The number of esters is 1. The van der Waals surface area contributed by atoms with Crippen molar-refractivity contribution < 1.29 is 22.7 Å². The molecule has 8 nitrogen and oxygen atoms in total. The van der Waals surface area contributed by atoms with E-state index in [2.05, 4.69) is 9.71 Å². The van der Waals surface area contributed by atoms with Crippen molar-refractivity contribution in [1.29, 1.82) is 0 Å². The second-order valence-corrected chi connectivity index (χ2v) is 11.1. The monoisotopic (exact) mass is 523 g/mol. The van der Waals surface area contributed by atoms with Crippen LogP contribution in [-0.4, -0.2) is 32.0 Å². The fourth-order valence-electron chi connectivity index (χ4n) is 3.52. The van der Waals surface area contributed by atoms with E-state index in [0.29, 0.717) is 10.5 Å². The molecule has 0 radical (unpaired) electrons. The zero-order valence-electron chi connectivity index (χ0n) is 20.2. The maximum atomic E-state index is 13.0. The SMILES string of the molecule is COC(=O)Cn1c(=NC(=O)c2ccc(NS(=O)(=O)c3ccc(C)cc3)cc2)sc2cc(C)c(C)cc21. The molecule has 0 fully saturated rings. The number of amides is 1. The van der Waals surface area contributed by atoms with Crippen molar-refractivity contribution in [3.05, 3.63) is 87.7 Å². The Bertz CT molecular complexity index is 1630. The Morgan fingerprint density at radius 2 is 1.61 bits per heavy atom.